The highest BCUT2D eigenvalue weighted by molar-refractivity contribution is 7.98. The van der Waals surface area contributed by atoms with Crippen LogP contribution in [0.15, 0.2) is 66.3 Å². The molecule has 7 heteroatoms. The lowest BCUT2D eigenvalue weighted by Gasteiger charge is -2.16. The molecule has 0 saturated heterocycles. The third kappa shape index (κ3) is 4.41. The Bertz CT molecular complexity index is 1010. The highest BCUT2D eigenvalue weighted by Crippen LogP contribution is 2.28. The first-order valence-corrected chi connectivity index (χ1v) is 9.68. The van der Waals surface area contributed by atoms with E-state index in [1.54, 1.807) is 37.3 Å². The molecular weight excluding hydrogens is 375 g/mol. The fraction of sp³-hybridized carbons (Fsp3) is 0.190. The largest absolute Gasteiger partial charge is 0.480 e. The van der Waals surface area contributed by atoms with Crippen LogP contribution in [0.3, 0.4) is 0 Å². The number of hydrogen-bond donors (Lipinski definition) is 0. The van der Waals surface area contributed by atoms with Gasteiger partial charge in [0, 0.05) is 12.3 Å². The summed E-state index contributed by atoms with van der Waals surface area (Å²) in [4.78, 5) is 0. The third-order valence-electron chi connectivity index (χ3n) is 4.06. The molecule has 0 N–H and O–H groups in total. The Morgan fingerprint density at radius 3 is 2.75 bits per heavy atom. The van der Waals surface area contributed by atoms with E-state index in [2.05, 4.69) is 22.8 Å². The van der Waals surface area contributed by atoms with Crippen LogP contribution < -0.4 is 4.74 Å². The van der Waals surface area contributed by atoms with E-state index in [0.29, 0.717) is 28.8 Å². The summed E-state index contributed by atoms with van der Waals surface area (Å²) in [6, 6.07) is 15.9. The lowest BCUT2D eigenvalue weighted by Crippen LogP contribution is -2.12. The van der Waals surface area contributed by atoms with Gasteiger partial charge in [-0.2, -0.15) is 5.26 Å². The van der Waals surface area contributed by atoms with Gasteiger partial charge in [0.2, 0.25) is 0 Å². The summed E-state index contributed by atoms with van der Waals surface area (Å²) < 4.78 is 21.5. The Labute approximate surface area is 167 Å². The molecule has 3 rings (SSSR count). The number of benzene rings is 2. The van der Waals surface area contributed by atoms with E-state index in [1.807, 2.05) is 22.8 Å². The van der Waals surface area contributed by atoms with Crippen molar-refractivity contribution in [3.05, 3.63) is 84.0 Å². The van der Waals surface area contributed by atoms with E-state index >= 15 is 0 Å². The predicted octanol–water partition coefficient (Wildman–Crippen LogP) is 4.91. The van der Waals surface area contributed by atoms with E-state index < -0.39 is 11.9 Å². The van der Waals surface area contributed by atoms with Gasteiger partial charge in [0.25, 0.3) is 0 Å². The molecule has 0 aliphatic carbocycles. The SMILES string of the molecule is C=CCn1c(SCc2ccccc2C#N)nnc1C(C)Oc1ccccc1F. The van der Waals surface area contributed by atoms with Crippen molar-refractivity contribution in [1.82, 2.24) is 14.8 Å². The monoisotopic (exact) mass is 394 g/mol. The highest BCUT2D eigenvalue weighted by atomic mass is 32.2. The van der Waals surface area contributed by atoms with Gasteiger partial charge >= 0.3 is 0 Å². The fourth-order valence-corrected chi connectivity index (χ4v) is 3.65. The van der Waals surface area contributed by atoms with Crippen LogP contribution in [0.25, 0.3) is 0 Å². The molecule has 1 atom stereocenters. The second kappa shape index (κ2) is 9.20. The lowest BCUT2D eigenvalue weighted by molar-refractivity contribution is 0.201. The van der Waals surface area contributed by atoms with Gasteiger partial charge in [0.05, 0.1) is 11.6 Å². The van der Waals surface area contributed by atoms with Crippen molar-refractivity contribution < 1.29 is 9.13 Å². The normalized spacial score (nSPS) is 11.6. The third-order valence-corrected chi connectivity index (χ3v) is 5.07. The smallest absolute Gasteiger partial charge is 0.191 e. The van der Waals surface area contributed by atoms with Crippen molar-refractivity contribution in [2.45, 2.75) is 30.5 Å². The lowest BCUT2D eigenvalue weighted by atomic mass is 10.1. The molecule has 1 aromatic heterocycles. The van der Waals surface area contributed by atoms with E-state index in [0.717, 1.165) is 5.56 Å². The van der Waals surface area contributed by atoms with Gasteiger partial charge in [-0.25, -0.2) is 4.39 Å². The molecule has 0 spiro atoms. The number of para-hydroxylation sites is 1. The van der Waals surface area contributed by atoms with Crippen LogP contribution in [-0.2, 0) is 12.3 Å². The summed E-state index contributed by atoms with van der Waals surface area (Å²) in [7, 11) is 0. The molecular formula is C21H19FN4OS. The number of rotatable bonds is 8. The molecule has 0 aliphatic rings. The molecule has 0 saturated carbocycles. The average molecular weight is 394 g/mol. The van der Waals surface area contributed by atoms with Crippen LogP contribution in [0.2, 0.25) is 0 Å². The van der Waals surface area contributed by atoms with Gasteiger partial charge < -0.3 is 4.74 Å². The summed E-state index contributed by atoms with van der Waals surface area (Å²) in [5.74, 6) is 0.910. The molecule has 142 valence electrons. The second-order valence-electron chi connectivity index (χ2n) is 5.99. The van der Waals surface area contributed by atoms with Crippen LogP contribution in [0.4, 0.5) is 4.39 Å². The van der Waals surface area contributed by atoms with Crippen LogP contribution in [0, 0.1) is 17.1 Å². The van der Waals surface area contributed by atoms with Crippen molar-refractivity contribution >= 4 is 11.8 Å². The number of thioether (sulfide) groups is 1. The zero-order valence-electron chi connectivity index (χ0n) is 15.4. The maximum Gasteiger partial charge on any atom is 0.191 e. The number of ether oxygens (including phenoxy) is 1. The van der Waals surface area contributed by atoms with E-state index in [9.17, 15) is 9.65 Å². The summed E-state index contributed by atoms with van der Waals surface area (Å²) in [5.41, 5.74) is 1.57. The van der Waals surface area contributed by atoms with Gasteiger partial charge in [-0.15, -0.1) is 16.8 Å². The highest BCUT2D eigenvalue weighted by Gasteiger charge is 2.20. The first kappa shape index (κ1) is 19.6. The van der Waals surface area contributed by atoms with Gasteiger partial charge in [-0.3, -0.25) is 4.57 Å². The summed E-state index contributed by atoms with van der Waals surface area (Å²) >= 11 is 1.48. The number of nitriles is 1. The quantitative estimate of drug-likeness (QED) is 0.401. The maximum atomic E-state index is 13.9. The van der Waals surface area contributed by atoms with Gasteiger partial charge in [0.15, 0.2) is 28.7 Å². The predicted molar refractivity (Wildman–Crippen MR) is 106 cm³/mol. The molecule has 2 aromatic carbocycles. The van der Waals surface area contributed by atoms with Crippen LogP contribution in [-0.4, -0.2) is 14.8 Å². The maximum absolute atomic E-state index is 13.9. The minimum absolute atomic E-state index is 0.167. The van der Waals surface area contributed by atoms with E-state index in [-0.39, 0.29) is 5.75 Å². The molecule has 0 radical (unpaired) electrons. The molecule has 0 bridgehead atoms. The van der Waals surface area contributed by atoms with Crippen molar-refractivity contribution in [1.29, 1.82) is 5.26 Å². The number of nitrogens with zero attached hydrogens (tertiary/aromatic N) is 4. The van der Waals surface area contributed by atoms with Crippen molar-refractivity contribution in [3.63, 3.8) is 0 Å². The van der Waals surface area contributed by atoms with Crippen molar-refractivity contribution in [3.8, 4) is 11.8 Å². The first-order chi connectivity index (χ1) is 13.6. The minimum Gasteiger partial charge on any atom is -0.480 e. The number of halogens is 1. The fourth-order valence-electron chi connectivity index (χ4n) is 2.69. The molecule has 1 heterocycles. The molecule has 5 nitrogen and oxygen atoms in total. The average Bonchev–Trinajstić information content (AvgIpc) is 3.11. The van der Waals surface area contributed by atoms with Crippen LogP contribution >= 0.6 is 11.8 Å². The van der Waals surface area contributed by atoms with Crippen molar-refractivity contribution in [2.24, 2.45) is 0 Å². The van der Waals surface area contributed by atoms with Gasteiger partial charge in [-0.1, -0.05) is 48.2 Å². The summed E-state index contributed by atoms with van der Waals surface area (Å²) in [6.07, 6.45) is 1.25. The summed E-state index contributed by atoms with van der Waals surface area (Å²) in [6.45, 7) is 6.09. The number of allylic oxidation sites excluding steroid dienone is 1. The number of aromatic nitrogens is 3. The van der Waals surface area contributed by atoms with Crippen molar-refractivity contribution in [2.75, 3.05) is 0 Å². The van der Waals surface area contributed by atoms with Gasteiger partial charge in [0.1, 0.15) is 0 Å². The molecule has 3 aromatic rings. The Kier molecular flexibility index (Phi) is 6.45. The van der Waals surface area contributed by atoms with Crippen LogP contribution in [0.5, 0.6) is 5.75 Å². The van der Waals surface area contributed by atoms with E-state index in [1.165, 1.54) is 17.8 Å². The first-order valence-electron chi connectivity index (χ1n) is 8.70. The Balaban J connectivity index is 1.80. The molecule has 0 aliphatic heterocycles. The molecule has 1 unspecified atom stereocenters. The van der Waals surface area contributed by atoms with Gasteiger partial charge in [-0.05, 0) is 30.7 Å². The minimum atomic E-state index is -0.495. The van der Waals surface area contributed by atoms with Crippen LogP contribution in [0.1, 0.15) is 30.0 Å². The molecule has 0 amide bonds. The topological polar surface area (TPSA) is 63.7 Å². The summed E-state index contributed by atoms with van der Waals surface area (Å²) in [5, 5.41) is 18.4. The second-order valence-corrected chi connectivity index (χ2v) is 6.93. The number of hydrogen-bond acceptors (Lipinski definition) is 5. The Hall–Kier alpha value is -3.11. The standard InChI is InChI=1S/C21H19FN4OS/c1-3-12-26-20(15(2)27-19-11-7-6-10-18(19)22)24-25-21(26)28-14-17-9-5-4-8-16(17)13-23/h3-11,15H,1,12,14H2,2H3. The van der Waals surface area contributed by atoms with E-state index in [4.69, 9.17) is 4.74 Å². The molecule has 28 heavy (non-hydrogen) atoms. The Morgan fingerprint density at radius 1 is 1.25 bits per heavy atom. The molecule has 0 fully saturated rings. The Morgan fingerprint density at radius 2 is 2.00 bits per heavy atom. The zero-order valence-corrected chi connectivity index (χ0v) is 16.2. The zero-order chi connectivity index (χ0) is 19.9.